The van der Waals surface area contributed by atoms with Crippen LogP contribution < -0.4 is 0 Å². The number of quaternary nitrogens is 1. The normalized spacial score (nSPS) is 13.6. The number of allylic oxidation sites excluding steroid dienone is 20. The number of carbonyl (C=O) groups excluding carboxylic acids is 2. The molecule has 0 rings (SSSR count). The first kappa shape index (κ1) is 96.4. The SMILES string of the molecule is CC/C=C\C/C=C\C/C=C\C/C=C\C/C=C\C/C=C\C/C=C\C/C=C\C/C=C\C/C=C\CCCCCCC(=O)OC(COC(=O)CCCCCCCCCCCCCCCCCCCCCCCCCCCCCCCCCCCCCCCCCCC)COP(=O)(O)OCC[N+](C)(C)C. The Morgan fingerprint density at radius 3 is 0.850 bits per heavy atom. The van der Waals surface area contributed by atoms with Gasteiger partial charge in [-0.05, 0) is 89.9 Å². The second-order valence-electron chi connectivity index (χ2n) is 29.5. The molecule has 0 fully saturated rings. The molecule has 9 nitrogen and oxygen atoms in total. The molecule has 0 saturated heterocycles. The zero-order valence-corrected chi connectivity index (χ0v) is 67.1. The topological polar surface area (TPSA) is 108 Å². The van der Waals surface area contributed by atoms with Crippen molar-refractivity contribution >= 4 is 19.8 Å². The van der Waals surface area contributed by atoms with Gasteiger partial charge in [0.05, 0.1) is 27.7 Å². The maximum Gasteiger partial charge on any atom is 0.472 e. The molecule has 0 aliphatic heterocycles. The Hall–Kier alpha value is -3.59. The number of unbranched alkanes of at least 4 members (excludes halogenated alkanes) is 44. The first-order valence-corrected chi connectivity index (χ1v) is 43.8. The first-order valence-electron chi connectivity index (χ1n) is 42.3. The van der Waals surface area contributed by atoms with Crippen LogP contribution in [0.5, 0.6) is 0 Å². The Morgan fingerprint density at radius 1 is 0.320 bits per heavy atom. The largest absolute Gasteiger partial charge is 0.472 e. The number of esters is 2. The van der Waals surface area contributed by atoms with Crippen molar-refractivity contribution in [2.75, 3.05) is 47.5 Å². The van der Waals surface area contributed by atoms with E-state index in [2.05, 4.69) is 135 Å². The van der Waals surface area contributed by atoms with E-state index in [-0.39, 0.29) is 32.0 Å². The summed E-state index contributed by atoms with van der Waals surface area (Å²) in [5.41, 5.74) is 0. The third-order valence-corrected chi connectivity index (χ3v) is 19.5. The van der Waals surface area contributed by atoms with Gasteiger partial charge in [-0.1, -0.05) is 405 Å². The van der Waals surface area contributed by atoms with Crippen molar-refractivity contribution in [3.63, 3.8) is 0 Å². The summed E-state index contributed by atoms with van der Waals surface area (Å²) in [4.78, 5) is 36.0. The number of rotatable bonds is 78. The first-order chi connectivity index (χ1) is 49.0. The molecule has 0 aromatic heterocycles. The number of likely N-dealkylation sites (N-methyl/N-ethyl adjacent to an activating group) is 1. The lowest BCUT2D eigenvalue weighted by molar-refractivity contribution is -0.870. The molecule has 0 amide bonds. The maximum absolute atomic E-state index is 12.9. The summed E-state index contributed by atoms with van der Waals surface area (Å²) >= 11 is 0. The number of phosphoric acid groups is 1. The van der Waals surface area contributed by atoms with Crippen molar-refractivity contribution in [3.8, 4) is 0 Å². The Kier molecular flexibility index (Phi) is 76.7. The molecule has 0 saturated carbocycles. The lowest BCUT2D eigenvalue weighted by atomic mass is 10.0. The van der Waals surface area contributed by atoms with Gasteiger partial charge in [0.25, 0.3) is 0 Å². The van der Waals surface area contributed by atoms with E-state index in [9.17, 15) is 19.0 Å². The summed E-state index contributed by atoms with van der Waals surface area (Å²) in [7, 11) is 1.46. The van der Waals surface area contributed by atoms with Gasteiger partial charge in [-0.2, -0.15) is 0 Å². The molecule has 0 spiro atoms. The summed E-state index contributed by atoms with van der Waals surface area (Å²) in [6.45, 7) is 4.33. The molecular weight excluding hydrogens is 1250 g/mol. The molecule has 0 aromatic rings. The van der Waals surface area contributed by atoms with Crippen LogP contribution in [0, 0.1) is 0 Å². The highest BCUT2D eigenvalue weighted by molar-refractivity contribution is 7.47. The number of carbonyl (C=O) groups is 2. The van der Waals surface area contributed by atoms with E-state index in [1.807, 2.05) is 21.1 Å². The van der Waals surface area contributed by atoms with Crippen LogP contribution >= 0.6 is 7.82 Å². The molecule has 1 N–H and O–H groups in total. The standard InChI is InChI=1S/C90H160NO8P/c1-6-8-10-12-14-16-18-20-22-24-26-28-30-32-34-36-38-40-42-43-44-45-46-47-49-50-52-54-56-58-60-62-64-66-68-70-72-74-76-78-80-82-89(92)96-86-88(87-98-100(94,95)97-85-84-91(3,4)5)99-90(93)83-81-79-77-75-73-71-69-67-65-63-61-59-57-55-53-51-48-41-39-37-35-33-31-29-27-25-23-21-19-17-15-13-11-9-7-2/h9,11,15,17,21,23,27,29,33,35,39,41,51,53,57,59,63,65,69,71,88H,6-8,10,12-14,16,18-20,22,24-26,28,30-32,34,36-38,40,42-50,52,54-56,58,60-62,64,66-68,70,72-87H2,1-5H3/p+1/b11-9-,17-15-,23-21-,29-27-,35-33-,41-39-,53-51-,59-57-,65-63-,71-69-. The van der Waals surface area contributed by atoms with Crippen LogP contribution in [0.3, 0.4) is 0 Å². The number of hydrogen-bond acceptors (Lipinski definition) is 7. The predicted octanol–water partition coefficient (Wildman–Crippen LogP) is 28.5. The minimum absolute atomic E-state index is 0.0218. The van der Waals surface area contributed by atoms with Crippen molar-refractivity contribution < 1.29 is 42.1 Å². The van der Waals surface area contributed by atoms with Crippen molar-refractivity contribution in [3.05, 3.63) is 122 Å². The molecule has 0 aliphatic rings. The highest BCUT2D eigenvalue weighted by atomic mass is 31.2. The van der Waals surface area contributed by atoms with Gasteiger partial charge in [0, 0.05) is 12.8 Å². The third kappa shape index (κ3) is 83.4. The van der Waals surface area contributed by atoms with Gasteiger partial charge in [-0.3, -0.25) is 18.6 Å². The number of nitrogens with zero attached hydrogens (tertiary/aromatic N) is 1. The monoisotopic (exact) mass is 1420 g/mol. The van der Waals surface area contributed by atoms with E-state index < -0.39 is 26.5 Å². The third-order valence-electron chi connectivity index (χ3n) is 18.5. The smallest absolute Gasteiger partial charge is 0.462 e. The van der Waals surface area contributed by atoms with E-state index in [1.165, 1.54) is 244 Å². The Morgan fingerprint density at radius 2 is 0.570 bits per heavy atom. The van der Waals surface area contributed by atoms with E-state index >= 15 is 0 Å². The lowest BCUT2D eigenvalue weighted by Crippen LogP contribution is -2.37. The lowest BCUT2D eigenvalue weighted by Gasteiger charge is -2.24. The van der Waals surface area contributed by atoms with Crippen LogP contribution in [0.2, 0.25) is 0 Å². The molecule has 2 unspecified atom stereocenters. The fraction of sp³-hybridized carbons (Fsp3) is 0.756. The van der Waals surface area contributed by atoms with E-state index in [1.54, 1.807) is 0 Å². The molecular formula is C90H161NO8P+. The summed E-state index contributed by atoms with van der Waals surface area (Å²) in [5.74, 6) is -0.819. The molecule has 100 heavy (non-hydrogen) atoms. The van der Waals surface area contributed by atoms with Crippen LogP contribution in [0.15, 0.2) is 122 Å². The van der Waals surface area contributed by atoms with Gasteiger partial charge in [0.1, 0.15) is 19.8 Å². The van der Waals surface area contributed by atoms with Crippen LogP contribution in [-0.4, -0.2) is 74.9 Å². The highest BCUT2D eigenvalue weighted by Crippen LogP contribution is 2.43. The van der Waals surface area contributed by atoms with Gasteiger partial charge < -0.3 is 18.9 Å². The van der Waals surface area contributed by atoms with Crippen molar-refractivity contribution in [2.24, 2.45) is 0 Å². The number of hydrogen-bond donors (Lipinski definition) is 1. The molecule has 578 valence electrons. The van der Waals surface area contributed by atoms with Gasteiger partial charge in [0.15, 0.2) is 6.10 Å². The molecule has 0 bridgehead atoms. The average Bonchev–Trinajstić information content (AvgIpc) is 1.65. The summed E-state index contributed by atoms with van der Waals surface area (Å²) in [5, 5.41) is 0. The van der Waals surface area contributed by atoms with E-state index in [4.69, 9.17) is 18.5 Å². The zero-order chi connectivity index (χ0) is 72.5. The molecule has 10 heteroatoms. The molecule has 0 aromatic carbocycles. The van der Waals surface area contributed by atoms with Crippen molar-refractivity contribution in [1.82, 2.24) is 0 Å². The second-order valence-corrected chi connectivity index (χ2v) is 30.9. The average molecular weight is 1420 g/mol. The van der Waals surface area contributed by atoms with Gasteiger partial charge >= 0.3 is 19.8 Å². The quantitative estimate of drug-likeness (QED) is 0.0211. The Balaban J connectivity index is 3.98. The van der Waals surface area contributed by atoms with Crippen molar-refractivity contribution in [2.45, 2.75) is 392 Å². The summed E-state index contributed by atoms with van der Waals surface area (Å²) < 4.78 is 34.8. The summed E-state index contributed by atoms with van der Waals surface area (Å²) in [6.07, 6.45) is 115. The minimum Gasteiger partial charge on any atom is -0.462 e. The summed E-state index contributed by atoms with van der Waals surface area (Å²) in [6, 6.07) is 0. The molecule has 0 radical (unpaired) electrons. The van der Waals surface area contributed by atoms with Crippen LogP contribution in [0.1, 0.15) is 386 Å². The molecule has 0 heterocycles. The van der Waals surface area contributed by atoms with Gasteiger partial charge in [0.2, 0.25) is 0 Å². The van der Waals surface area contributed by atoms with Gasteiger partial charge in [-0.25, -0.2) is 4.57 Å². The van der Waals surface area contributed by atoms with E-state index in [0.717, 1.165) is 109 Å². The predicted molar refractivity (Wildman–Crippen MR) is 436 cm³/mol. The fourth-order valence-corrected chi connectivity index (χ4v) is 12.9. The maximum atomic E-state index is 12.9. The van der Waals surface area contributed by atoms with Crippen LogP contribution in [-0.2, 0) is 32.7 Å². The highest BCUT2D eigenvalue weighted by Gasteiger charge is 2.27. The van der Waals surface area contributed by atoms with Gasteiger partial charge in [-0.15, -0.1) is 0 Å². The molecule has 2 atom stereocenters. The minimum atomic E-state index is -4.41. The number of phosphoric ester groups is 1. The van der Waals surface area contributed by atoms with Crippen molar-refractivity contribution in [1.29, 1.82) is 0 Å². The van der Waals surface area contributed by atoms with Crippen LogP contribution in [0.4, 0.5) is 0 Å². The van der Waals surface area contributed by atoms with Crippen LogP contribution in [0.25, 0.3) is 0 Å². The second kappa shape index (κ2) is 79.5. The fourth-order valence-electron chi connectivity index (χ4n) is 12.1. The molecule has 0 aliphatic carbocycles. The Labute approximate surface area is 619 Å². The number of ether oxygens (including phenoxy) is 2. The van der Waals surface area contributed by atoms with E-state index in [0.29, 0.717) is 17.4 Å². The zero-order valence-electron chi connectivity index (χ0n) is 66.2. The Bertz CT molecular complexity index is 2110.